The van der Waals surface area contributed by atoms with E-state index < -0.39 is 11.6 Å². The van der Waals surface area contributed by atoms with Gasteiger partial charge in [-0.2, -0.15) is 0 Å². The summed E-state index contributed by atoms with van der Waals surface area (Å²) in [6.07, 6.45) is 6.72. The number of anilines is 1. The number of allylic oxidation sites excluding steroid dienone is 2. The van der Waals surface area contributed by atoms with Crippen molar-refractivity contribution in [3.63, 3.8) is 0 Å². The zero-order valence-electron chi connectivity index (χ0n) is 22.8. The summed E-state index contributed by atoms with van der Waals surface area (Å²) in [6, 6.07) is 4.52. The van der Waals surface area contributed by atoms with Crippen molar-refractivity contribution in [1.29, 1.82) is 0 Å². The Bertz CT molecular complexity index is 1480. The molecule has 39 heavy (non-hydrogen) atoms. The summed E-state index contributed by atoms with van der Waals surface area (Å²) in [7, 11) is 0. The van der Waals surface area contributed by atoms with Gasteiger partial charge in [-0.25, -0.2) is 4.79 Å². The first-order chi connectivity index (χ1) is 18.5. The number of aromatic nitrogens is 2. The van der Waals surface area contributed by atoms with Crippen LogP contribution in [0.2, 0.25) is 5.02 Å². The van der Waals surface area contributed by atoms with Gasteiger partial charge in [0.05, 0.1) is 35.1 Å². The number of benzene rings is 1. The average Bonchev–Trinajstić information content (AvgIpc) is 3.22. The molecule has 1 fully saturated rings. The van der Waals surface area contributed by atoms with E-state index in [-0.39, 0.29) is 30.8 Å². The number of halogens is 1. The minimum Gasteiger partial charge on any atom is -0.372 e. The summed E-state index contributed by atoms with van der Waals surface area (Å²) < 4.78 is 6.05. The molecule has 3 N–H and O–H groups in total. The Hall–Kier alpha value is -3.47. The summed E-state index contributed by atoms with van der Waals surface area (Å²) >= 11 is 6.45. The van der Waals surface area contributed by atoms with Crippen LogP contribution in [0.15, 0.2) is 47.4 Å². The third kappa shape index (κ3) is 5.63. The number of ether oxygens (including phenoxy) is 1. The van der Waals surface area contributed by atoms with E-state index in [1.165, 1.54) is 0 Å². The van der Waals surface area contributed by atoms with Crippen LogP contribution in [-0.4, -0.2) is 81.5 Å². The molecular weight excluding hydrogens is 518 g/mol. The zero-order valence-corrected chi connectivity index (χ0v) is 23.5. The highest BCUT2D eigenvalue weighted by Crippen LogP contribution is 2.33. The monoisotopic (exact) mass is 551 g/mol. The molecule has 2 aliphatic heterocycles. The first-order valence-electron chi connectivity index (χ1n) is 13.1. The SMILES string of the molecule is CC1=CC=NC(C)N1C(=O)NC(C)CN1CC(C)(C)OCC1C(=O)Nc1cc(Cl)cc2c1[nH]c1cnccc12. The largest absolute Gasteiger partial charge is 0.372 e. The van der Waals surface area contributed by atoms with Gasteiger partial charge in [-0.15, -0.1) is 0 Å². The lowest BCUT2D eigenvalue weighted by atomic mass is 10.0. The van der Waals surface area contributed by atoms with Crippen LogP contribution in [0.1, 0.15) is 34.6 Å². The highest BCUT2D eigenvalue weighted by atomic mass is 35.5. The molecule has 2 aliphatic rings. The number of aliphatic imine (C=N–C) groups is 1. The van der Waals surface area contributed by atoms with Crippen LogP contribution < -0.4 is 10.6 Å². The van der Waals surface area contributed by atoms with E-state index in [1.807, 2.05) is 52.8 Å². The van der Waals surface area contributed by atoms with E-state index in [0.29, 0.717) is 23.8 Å². The fourth-order valence-corrected chi connectivity index (χ4v) is 5.56. The number of carbonyl (C=O) groups is 2. The van der Waals surface area contributed by atoms with Gasteiger partial charge in [-0.05, 0) is 58.9 Å². The topological polar surface area (TPSA) is 115 Å². The summed E-state index contributed by atoms with van der Waals surface area (Å²) in [5.74, 6) is -0.206. The molecule has 206 valence electrons. The fourth-order valence-electron chi connectivity index (χ4n) is 5.35. The lowest BCUT2D eigenvalue weighted by Crippen LogP contribution is -2.61. The smallest absolute Gasteiger partial charge is 0.323 e. The molecule has 3 amide bonds. The highest BCUT2D eigenvalue weighted by Gasteiger charge is 2.38. The molecule has 4 heterocycles. The van der Waals surface area contributed by atoms with Crippen LogP contribution in [0.25, 0.3) is 21.8 Å². The molecule has 0 aliphatic carbocycles. The molecule has 1 saturated heterocycles. The second kappa shape index (κ2) is 10.6. The third-order valence-electron chi connectivity index (χ3n) is 7.16. The Labute approximate surface area is 232 Å². The minimum atomic E-state index is -0.558. The molecule has 0 saturated carbocycles. The van der Waals surface area contributed by atoms with Crippen molar-refractivity contribution < 1.29 is 14.3 Å². The maximum Gasteiger partial charge on any atom is 0.323 e. The van der Waals surface area contributed by atoms with Crippen molar-refractivity contribution in [2.45, 2.75) is 58.5 Å². The number of nitrogens with one attached hydrogen (secondary N) is 3. The van der Waals surface area contributed by atoms with Crippen LogP contribution in [0.4, 0.5) is 10.5 Å². The quantitative estimate of drug-likeness (QED) is 0.431. The first kappa shape index (κ1) is 27.1. The molecule has 3 aromatic rings. The molecule has 3 atom stereocenters. The maximum atomic E-state index is 13.7. The van der Waals surface area contributed by atoms with Crippen LogP contribution in [0, 0.1) is 0 Å². The molecule has 5 rings (SSSR count). The van der Waals surface area contributed by atoms with Gasteiger partial charge in [0, 0.05) is 53.0 Å². The van der Waals surface area contributed by atoms with Crippen molar-refractivity contribution in [2.24, 2.45) is 4.99 Å². The molecule has 2 aromatic heterocycles. The Morgan fingerprint density at radius 2 is 2.10 bits per heavy atom. The number of rotatable bonds is 5. The van der Waals surface area contributed by atoms with Crippen LogP contribution in [-0.2, 0) is 9.53 Å². The number of hydrogen-bond donors (Lipinski definition) is 3. The van der Waals surface area contributed by atoms with Crippen molar-refractivity contribution in [3.8, 4) is 0 Å². The average molecular weight is 552 g/mol. The third-order valence-corrected chi connectivity index (χ3v) is 7.38. The Kier molecular flexibility index (Phi) is 7.37. The van der Waals surface area contributed by atoms with Crippen molar-refractivity contribution >= 4 is 57.2 Å². The molecule has 11 heteroatoms. The number of hydrogen-bond acceptors (Lipinski definition) is 6. The van der Waals surface area contributed by atoms with Crippen molar-refractivity contribution in [1.82, 2.24) is 25.1 Å². The summed E-state index contributed by atoms with van der Waals surface area (Å²) in [4.78, 5) is 42.3. The van der Waals surface area contributed by atoms with E-state index in [1.54, 1.807) is 29.6 Å². The Balaban J connectivity index is 1.34. The van der Waals surface area contributed by atoms with Gasteiger partial charge < -0.3 is 20.4 Å². The molecule has 0 bridgehead atoms. The lowest BCUT2D eigenvalue weighted by molar-refractivity contribution is -0.143. The maximum absolute atomic E-state index is 13.7. The van der Waals surface area contributed by atoms with E-state index in [9.17, 15) is 9.59 Å². The number of carbonyl (C=O) groups excluding carboxylic acids is 2. The van der Waals surface area contributed by atoms with Gasteiger partial charge in [-0.1, -0.05) is 11.6 Å². The molecule has 10 nitrogen and oxygen atoms in total. The number of fused-ring (bicyclic) bond motifs is 3. The van der Waals surface area contributed by atoms with Gasteiger partial charge in [0.25, 0.3) is 0 Å². The molecular formula is C28H34ClN7O3. The minimum absolute atomic E-state index is 0.206. The van der Waals surface area contributed by atoms with E-state index in [4.69, 9.17) is 16.3 Å². The van der Waals surface area contributed by atoms with Gasteiger partial charge in [0.15, 0.2) is 0 Å². The van der Waals surface area contributed by atoms with E-state index in [2.05, 4.69) is 30.5 Å². The second-order valence-electron chi connectivity index (χ2n) is 10.9. The van der Waals surface area contributed by atoms with E-state index >= 15 is 0 Å². The van der Waals surface area contributed by atoms with Gasteiger partial charge in [0.2, 0.25) is 5.91 Å². The van der Waals surface area contributed by atoms with Crippen molar-refractivity contribution in [3.05, 3.63) is 47.4 Å². The number of morpholine rings is 1. The van der Waals surface area contributed by atoms with Crippen LogP contribution in [0.5, 0.6) is 0 Å². The molecule has 1 aromatic carbocycles. The number of pyridine rings is 1. The highest BCUT2D eigenvalue weighted by molar-refractivity contribution is 6.33. The zero-order chi connectivity index (χ0) is 27.9. The molecule has 3 unspecified atom stereocenters. The van der Waals surface area contributed by atoms with Gasteiger partial charge in [-0.3, -0.25) is 24.6 Å². The summed E-state index contributed by atoms with van der Waals surface area (Å²) in [5.41, 5.74) is 2.61. The number of H-pyrrole nitrogens is 1. The van der Waals surface area contributed by atoms with Gasteiger partial charge >= 0.3 is 6.03 Å². The summed E-state index contributed by atoms with van der Waals surface area (Å²) in [6.45, 7) is 10.9. The number of urea groups is 1. The number of nitrogens with zero attached hydrogens (tertiary/aromatic N) is 4. The predicted octanol–water partition coefficient (Wildman–Crippen LogP) is 4.52. The van der Waals surface area contributed by atoms with Crippen molar-refractivity contribution in [2.75, 3.05) is 25.0 Å². The fraction of sp³-hybridized carbons (Fsp3) is 0.429. The predicted molar refractivity (Wildman–Crippen MR) is 154 cm³/mol. The second-order valence-corrected chi connectivity index (χ2v) is 11.3. The Morgan fingerprint density at radius 3 is 2.87 bits per heavy atom. The van der Waals surface area contributed by atoms with Gasteiger partial charge in [0.1, 0.15) is 12.2 Å². The lowest BCUT2D eigenvalue weighted by Gasteiger charge is -2.44. The van der Waals surface area contributed by atoms with Crippen LogP contribution >= 0.6 is 11.6 Å². The molecule has 0 spiro atoms. The van der Waals surface area contributed by atoms with Crippen LogP contribution in [0.3, 0.4) is 0 Å². The normalized spacial score (nSPS) is 22.1. The molecule has 0 radical (unpaired) electrons. The number of amides is 3. The Morgan fingerprint density at radius 1 is 1.31 bits per heavy atom. The first-order valence-corrected chi connectivity index (χ1v) is 13.4. The van der Waals surface area contributed by atoms with E-state index in [0.717, 1.165) is 27.5 Å². The standard InChI is InChI=1S/C28H34ClN7O3/c1-16(32-27(38)36-17(2)6-9-31-18(36)3)13-35-15-28(4,5)39-14-24(35)26(37)34-22-11-19(29)10-21-20-7-8-30-12-23(20)33-25(21)22/h6-12,16,18,24,33H,13-15H2,1-5H3,(H,32,38)(H,34,37). The summed E-state index contributed by atoms with van der Waals surface area (Å²) in [5, 5.41) is 8.55. The number of aromatic amines is 1.